The number of pyridine rings is 1. The summed E-state index contributed by atoms with van der Waals surface area (Å²) in [6, 6.07) is 5.81. The summed E-state index contributed by atoms with van der Waals surface area (Å²) in [5.41, 5.74) is 0.337. The number of amides is 1. The number of nitrogens with zero attached hydrogens (tertiary/aromatic N) is 5. The van der Waals surface area contributed by atoms with Gasteiger partial charge < -0.3 is 20.3 Å². The summed E-state index contributed by atoms with van der Waals surface area (Å²) < 4.78 is 7.46. The summed E-state index contributed by atoms with van der Waals surface area (Å²) in [7, 11) is 0. The lowest BCUT2D eigenvalue weighted by Crippen LogP contribution is -2.47. The number of ether oxygens (including phenoxy) is 1. The Bertz CT molecular complexity index is 878. The Labute approximate surface area is 201 Å². The number of likely N-dealkylation sites (tertiary alicyclic amines) is 1. The molecule has 1 fully saturated rings. The number of carbonyl (C=O) groups excluding carboxylic acids is 1. The summed E-state index contributed by atoms with van der Waals surface area (Å²) in [5, 5.41) is 15.1. The van der Waals surface area contributed by atoms with Crippen molar-refractivity contribution in [2.45, 2.75) is 52.7 Å². The molecule has 0 spiro atoms. The van der Waals surface area contributed by atoms with Gasteiger partial charge >= 0.3 is 6.09 Å². The number of piperidine rings is 1. The van der Waals surface area contributed by atoms with Gasteiger partial charge in [-0.05, 0) is 58.6 Å². The zero-order valence-electron chi connectivity index (χ0n) is 18.8. The lowest BCUT2D eigenvalue weighted by molar-refractivity contribution is 0.0168. The Morgan fingerprint density at radius 1 is 1.29 bits per heavy atom. The number of nitrogens with one attached hydrogen (secondary N) is 2. The van der Waals surface area contributed by atoms with E-state index in [1.54, 1.807) is 0 Å². The molecule has 0 aromatic carbocycles. The van der Waals surface area contributed by atoms with Gasteiger partial charge in [0.1, 0.15) is 12.1 Å². The smallest absolute Gasteiger partial charge is 0.410 e. The first-order valence-electron chi connectivity index (χ1n) is 10.6. The van der Waals surface area contributed by atoms with Crippen molar-refractivity contribution in [1.82, 2.24) is 30.1 Å². The van der Waals surface area contributed by atoms with Crippen molar-refractivity contribution >= 4 is 41.7 Å². The molecule has 31 heavy (non-hydrogen) atoms. The Morgan fingerprint density at radius 3 is 2.84 bits per heavy atom. The molecule has 0 aliphatic carbocycles. The number of guanidine groups is 1. The van der Waals surface area contributed by atoms with Gasteiger partial charge in [0.15, 0.2) is 17.4 Å². The zero-order chi connectivity index (χ0) is 21.6. The molecular formula is C21H34IN7O2. The van der Waals surface area contributed by atoms with Crippen LogP contribution in [0.25, 0.3) is 5.65 Å². The highest BCUT2D eigenvalue weighted by Crippen LogP contribution is 2.19. The first kappa shape index (κ1) is 25.2. The van der Waals surface area contributed by atoms with E-state index in [-0.39, 0.29) is 30.1 Å². The molecule has 1 aliphatic rings. The van der Waals surface area contributed by atoms with Crippen molar-refractivity contribution in [3.63, 3.8) is 0 Å². The Hall–Kier alpha value is -2.11. The van der Waals surface area contributed by atoms with Crippen LogP contribution < -0.4 is 10.6 Å². The van der Waals surface area contributed by atoms with Crippen LogP contribution in [0.15, 0.2) is 29.4 Å². The minimum Gasteiger partial charge on any atom is -0.444 e. The molecule has 0 radical (unpaired) electrons. The van der Waals surface area contributed by atoms with Gasteiger partial charge in [0.2, 0.25) is 0 Å². The molecule has 172 valence electrons. The number of hydrogen-bond donors (Lipinski definition) is 2. The van der Waals surface area contributed by atoms with Crippen LogP contribution in [0.5, 0.6) is 0 Å². The number of rotatable bonds is 5. The Balaban J connectivity index is 0.00000341. The largest absolute Gasteiger partial charge is 0.444 e. The van der Waals surface area contributed by atoms with Crippen molar-refractivity contribution in [3.05, 3.63) is 30.2 Å². The zero-order valence-corrected chi connectivity index (χ0v) is 21.1. The molecule has 0 saturated carbocycles. The molecule has 2 aromatic heterocycles. The molecule has 1 saturated heterocycles. The predicted molar refractivity (Wildman–Crippen MR) is 132 cm³/mol. The second kappa shape index (κ2) is 11.5. The average molecular weight is 543 g/mol. The molecular weight excluding hydrogens is 509 g/mol. The minimum atomic E-state index is -0.473. The highest BCUT2D eigenvalue weighted by Gasteiger charge is 2.27. The Morgan fingerprint density at radius 2 is 2.10 bits per heavy atom. The fraction of sp³-hybridized carbons (Fsp3) is 0.619. The van der Waals surface area contributed by atoms with Gasteiger partial charge in [-0.25, -0.2) is 9.79 Å². The molecule has 2 N–H and O–H groups in total. The lowest BCUT2D eigenvalue weighted by atomic mass is 9.98. The number of fused-ring (bicyclic) bond motifs is 1. The van der Waals surface area contributed by atoms with E-state index in [1.807, 2.05) is 61.4 Å². The van der Waals surface area contributed by atoms with Gasteiger partial charge in [-0.3, -0.25) is 4.40 Å². The fourth-order valence-corrected chi connectivity index (χ4v) is 3.46. The molecule has 2 aromatic rings. The number of halogens is 1. The second-order valence-corrected chi connectivity index (χ2v) is 8.56. The van der Waals surface area contributed by atoms with Gasteiger partial charge in [0.05, 0.1) is 0 Å². The van der Waals surface area contributed by atoms with E-state index in [9.17, 15) is 4.79 Å². The van der Waals surface area contributed by atoms with Crippen LogP contribution in [0.3, 0.4) is 0 Å². The normalized spacial score (nSPS) is 17.2. The molecule has 1 atom stereocenters. The lowest BCUT2D eigenvalue weighted by Gasteiger charge is -2.34. The highest BCUT2D eigenvalue weighted by molar-refractivity contribution is 14.0. The third-order valence-corrected chi connectivity index (χ3v) is 4.84. The second-order valence-electron chi connectivity index (χ2n) is 8.56. The molecule has 0 bridgehead atoms. The molecule has 3 heterocycles. The quantitative estimate of drug-likeness (QED) is 0.342. The van der Waals surface area contributed by atoms with E-state index in [4.69, 9.17) is 4.74 Å². The van der Waals surface area contributed by atoms with Crippen molar-refractivity contribution in [1.29, 1.82) is 0 Å². The van der Waals surface area contributed by atoms with Gasteiger partial charge in [0, 0.05) is 32.4 Å². The molecule has 1 amide bonds. The minimum absolute atomic E-state index is 0. The third-order valence-electron chi connectivity index (χ3n) is 4.84. The summed E-state index contributed by atoms with van der Waals surface area (Å²) in [4.78, 5) is 18.8. The number of hydrogen-bond acceptors (Lipinski definition) is 5. The maximum Gasteiger partial charge on any atom is 0.410 e. The van der Waals surface area contributed by atoms with E-state index in [1.165, 1.54) is 0 Å². The van der Waals surface area contributed by atoms with Gasteiger partial charge in [-0.15, -0.1) is 34.2 Å². The van der Waals surface area contributed by atoms with E-state index < -0.39 is 5.60 Å². The standard InChI is InChI=1S/C21H33N7O2.HI/c1-5-22-19(24-14-18-26-25-17-10-6-7-12-28(17)18)23-13-16-9-8-11-27(15-16)20(29)30-21(2,3)4;/h6-7,10,12,16H,5,8-9,11,13-15H2,1-4H3,(H2,22,23,24);1H. The van der Waals surface area contributed by atoms with Crippen molar-refractivity contribution in [2.24, 2.45) is 10.9 Å². The molecule has 9 nitrogen and oxygen atoms in total. The van der Waals surface area contributed by atoms with Crippen LogP contribution in [0, 0.1) is 5.92 Å². The van der Waals surface area contributed by atoms with Crippen LogP contribution in [0.4, 0.5) is 4.79 Å². The summed E-state index contributed by atoms with van der Waals surface area (Å²) in [6.45, 7) is 11.1. The topological polar surface area (TPSA) is 96.1 Å². The van der Waals surface area contributed by atoms with E-state index in [0.29, 0.717) is 19.0 Å². The van der Waals surface area contributed by atoms with Crippen molar-refractivity contribution < 1.29 is 9.53 Å². The fourth-order valence-electron chi connectivity index (χ4n) is 3.46. The highest BCUT2D eigenvalue weighted by atomic mass is 127. The molecule has 1 aliphatic heterocycles. The number of aromatic nitrogens is 3. The first-order valence-corrected chi connectivity index (χ1v) is 10.6. The van der Waals surface area contributed by atoms with E-state index >= 15 is 0 Å². The van der Waals surface area contributed by atoms with Crippen LogP contribution in [-0.4, -0.2) is 63.3 Å². The molecule has 3 rings (SSSR count). The van der Waals surface area contributed by atoms with E-state index in [2.05, 4.69) is 25.8 Å². The monoisotopic (exact) mass is 543 g/mol. The first-order chi connectivity index (χ1) is 14.4. The summed E-state index contributed by atoms with van der Waals surface area (Å²) in [6.07, 6.45) is 3.76. The van der Waals surface area contributed by atoms with Crippen LogP contribution in [0.2, 0.25) is 0 Å². The van der Waals surface area contributed by atoms with Crippen molar-refractivity contribution in [3.8, 4) is 0 Å². The average Bonchev–Trinajstić information content (AvgIpc) is 3.12. The summed E-state index contributed by atoms with van der Waals surface area (Å²) in [5.74, 6) is 1.88. The van der Waals surface area contributed by atoms with Crippen LogP contribution in [-0.2, 0) is 11.3 Å². The van der Waals surface area contributed by atoms with Crippen LogP contribution >= 0.6 is 24.0 Å². The van der Waals surface area contributed by atoms with Crippen LogP contribution in [0.1, 0.15) is 46.4 Å². The number of carbonyl (C=O) groups is 1. The van der Waals surface area contributed by atoms with Crippen molar-refractivity contribution in [2.75, 3.05) is 26.2 Å². The molecule has 1 unspecified atom stereocenters. The molecule has 10 heteroatoms. The summed E-state index contributed by atoms with van der Waals surface area (Å²) >= 11 is 0. The van der Waals surface area contributed by atoms with Gasteiger partial charge in [-0.2, -0.15) is 0 Å². The number of aliphatic imine (C=N–C) groups is 1. The van der Waals surface area contributed by atoms with Gasteiger partial charge in [-0.1, -0.05) is 6.07 Å². The van der Waals surface area contributed by atoms with E-state index in [0.717, 1.165) is 49.9 Å². The van der Waals surface area contributed by atoms with Gasteiger partial charge in [0.25, 0.3) is 0 Å². The third kappa shape index (κ3) is 7.51. The maximum atomic E-state index is 12.4. The maximum absolute atomic E-state index is 12.4. The Kier molecular flexibility index (Phi) is 9.32. The SMILES string of the molecule is CCNC(=NCc1nnc2ccccn12)NCC1CCCN(C(=O)OC(C)(C)C)C1.I. The predicted octanol–water partition coefficient (Wildman–Crippen LogP) is 3.05.